The van der Waals surface area contributed by atoms with Crippen LogP contribution < -0.4 is 9.47 Å². The first-order valence-corrected chi connectivity index (χ1v) is 10.1. The van der Waals surface area contributed by atoms with E-state index in [4.69, 9.17) is 9.47 Å². The van der Waals surface area contributed by atoms with Gasteiger partial charge in [-0.05, 0) is 35.8 Å². The Hall–Kier alpha value is -2.07. The van der Waals surface area contributed by atoms with Gasteiger partial charge in [-0.3, -0.25) is 0 Å². The van der Waals surface area contributed by atoms with Crippen LogP contribution in [0.1, 0.15) is 13.8 Å². The maximum atomic E-state index is 13.0. The second-order valence-corrected chi connectivity index (χ2v) is 7.86. The third-order valence-corrected chi connectivity index (χ3v) is 6.54. The number of halogens is 1. The molecule has 1 aromatic carbocycles. The van der Waals surface area contributed by atoms with Crippen molar-refractivity contribution < 1.29 is 22.7 Å². The molecule has 0 bridgehead atoms. The summed E-state index contributed by atoms with van der Waals surface area (Å²) in [5.41, 5.74) is 0. The monoisotopic (exact) mass is 445 g/mol. The summed E-state index contributed by atoms with van der Waals surface area (Å²) in [5.74, 6) is 0.629. The minimum absolute atomic E-state index is 0.0609. The van der Waals surface area contributed by atoms with Crippen LogP contribution in [0.25, 0.3) is 0 Å². The number of ether oxygens (including phenoxy) is 2. The van der Waals surface area contributed by atoms with Crippen molar-refractivity contribution in [1.29, 1.82) is 0 Å². The van der Waals surface area contributed by atoms with Crippen LogP contribution in [0.15, 0.2) is 38.8 Å². The number of carbonyl (C=O) groups is 1. The van der Waals surface area contributed by atoms with Crippen molar-refractivity contribution >= 4 is 31.8 Å². The lowest BCUT2D eigenvalue weighted by atomic mass is 10.3. The molecule has 1 amide bonds. The number of nitrogens with zero attached hydrogens (tertiary/aromatic N) is 3. The zero-order valence-electron chi connectivity index (χ0n) is 14.9. The molecule has 1 aromatic heterocycles. The van der Waals surface area contributed by atoms with Gasteiger partial charge in [-0.2, -0.15) is 9.78 Å². The maximum absolute atomic E-state index is 13.0. The van der Waals surface area contributed by atoms with Gasteiger partial charge in [0.1, 0.15) is 11.5 Å². The molecule has 142 valence electrons. The van der Waals surface area contributed by atoms with E-state index in [1.807, 2.05) is 13.8 Å². The summed E-state index contributed by atoms with van der Waals surface area (Å²) < 4.78 is 37.6. The standard InChI is InChI=1S/C16H20BrN3O5S/c1-5-19(6-2)16(21)20-8-7-14(18-20)26(22,23)13-10-11(24-3)9-12(25-4)15(13)17/h7-10H,5-6H2,1-4H3. The molecule has 0 atom stereocenters. The van der Waals surface area contributed by atoms with E-state index in [1.54, 1.807) is 6.07 Å². The van der Waals surface area contributed by atoms with Crippen LogP contribution >= 0.6 is 15.9 Å². The van der Waals surface area contributed by atoms with E-state index < -0.39 is 15.9 Å². The molecule has 0 aliphatic carbocycles. The number of amides is 1. The van der Waals surface area contributed by atoms with Crippen molar-refractivity contribution in [3.05, 3.63) is 28.9 Å². The number of benzene rings is 1. The van der Waals surface area contributed by atoms with E-state index in [9.17, 15) is 13.2 Å². The first-order valence-electron chi connectivity index (χ1n) is 7.81. The highest BCUT2D eigenvalue weighted by Crippen LogP contribution is 2.38. The van der Waals surface area contributed by atoms with E-state index in [0.717, 1.165) is 4.68 Å². The summed E-state index contributed by atoms with van der Waals surface area (Å²) in [6.45, 7) is 4.66. The highest BCUT2D eigenvalue weighted by atomic mass is 79.9. The van der Waals surface area contributed by atoms with Gasteiger partial charge < -0.3 is 14.4 Å². The fourth-order valence-corrected chi connectivity index (χ4v) is 4.62. The molecule has 0 fully saturated rings. The lowest BCUT2D eigenvalue weighted by Gasteiger charge is -2.17. The molecule has 0 saturated heterocycles. The fraction of sp³-hybridized carbons (Fsp3) is 0.375. The normalized spacial score (nSPS) is 11.3. The van der Waals surface area contributed by atoms with Crippen LogP contribution in [0.2, 0.25) is 0 Å². The van der Waals surface area contributed by atoms with E-state index in [2.05, 4.69) is 21.0 Å². The zero-order valence-corrected chi connectivity index (χ0v) is 17.3. The largest absolute Gasteiger partial charge is 0.497 e. The molecular formula is C16H20BrN3O5S. The second-order valence-electron chi connectivity index (χ2n) is 5.20. The molecule has 10 heteroatoms. The van der Waals surface area contributed by atoms with Crippen molar-refractivity contribution in [3.63, 3.8) is 0 Å². The molecule has 2 aromatic rings. The predicted octanol–water partition coefficient (Wildman–Crippen LogP) is 2.81. The van der Waals surface area contributed by atoms with E-state index >= 15 is 0 Å². The van der Waals surface area contributed by atoms with Gasteiger partial charge >= 0.3 is 6.03 Å². The molecule has 0 N–H and O–H groups in total. The van der Waals surface area contributed by atoms with Crippen LogP contribution in [0.4, 0.5) is 4.79 Å². The Morgan fingerprint density at radius 3 is 2.42 bits per heavy atom. The molecule has 0 aliphatic heterocycles. The van der Waals surface area contributed by atoms with Gasteiger partial charge in [-0.1, -0.05) is 0 Å². The van der Waals surface area contributed by atoms with Crippen molar-refractivity contribution in [2.45, 2.75) is 23.8 Å². The Morgan fingerprint density at radius 2 is 1.88 bits per heavy atom. The number of aromatic nitrogens is 2. The Morgan fingerprint density at radius 1 is 1.23 bits per heavy atom. The quantitative estimate of drug-likeness (QED) is 0.678. The summed E-state index contributed by atoms with van der Waals surface area (Å²) in [4.78, 5) is 13.8. The van der Waals surface area contributed by atoms with Gasteiger partial charge in [0, 0.05) is 31.4 Å². The summed E-state index contributed by atoms with van der Waals surface area (Å²) in [5, 5.41) is 3.72. The molecule has 0 unspecified atom stereocenters. The first kappa shape index (κ1) is 20.2. The Balaban J connectivity index is 2.51. The number of carbonyl (C=O) groups excluding carboxylic acids is 1. The van der Waals surface area contributed by atoms with Gasteiger partial charge in [0.05, 0.1) is 23.6 Å². The van der Waals surface area contributed by atoms with Crippen molar-refractivity contribution in [3.8, 4) is 11.5 Å². The van der Waals surface area contributed by atoms with Crippen molar-refractivity contribution in [1.82, 2.24) is 14.7 Å². The average Bonchev–Trinajstić information content (AvgIpc) is 3.13. The van der Waals surface area contributed by atoms with Crippen LogP contribution in [-0.4, -0.2) is 56.4 Å². The van der Waals surface area contributed by atoms with Crippen molar-refractivity contribution in [2.24, 2.45) is 0 Å². The maximum Gasteiger partial charge on any atom is 0.344 e. The van der Waals surface area contributed by atoms with Crippen LogP contribution in [0, 0.1) is 0 Å². The van der Waals surface area contributed by atoms with Crippen LogP contribution in [0.3, 0.4) is 0 Å². The first-order chi connectivity index (χ1) is 12.3. The molecule has 0 radical (unpaired) electrons. The van der Waals surface area contributed by atoms with E-state index in [1.165, 1.54) is 37.4 Å². The molecular weight excluding hydrogens is 426 g/mol. The third-order valence-electron chi connectivity index (χ3n) is 3.79. The lowest BCUT2D eigenvalue weighted by molar-refractivity contribution is 0.201. The smallest absolute Gasteiger partial charge is 0.344 e. The predicted molar refractivity (Wildman–Crippen MR) is 98.6 cm³/mol. The summed E-state index contributed by atoms with van der Waals surface area (Å²) in [6.07, 6.45) is 1.33. The van der Waals surface area contributed by atoms with Crippen molar-refractivity contribution in [2.75, 3.05) is 27.3 Å². The molecule has 0 saturated carbocycles. The van der Waals surface area contributed by atoms with E-state index in [-0.39, 0.29) is 14.4 Å². The Bertz CT molecular complexity index is 907. The molecule has 1 heterocycles. The number of hydrogen-bond acceptors (Lipinski definition) is 6. The Kier molecular flexibility index (Phi) is 6.30. The van der Waals surface area contributed by atoms with Gasteiger partial charge in [0.2, 0.25) is 9.84 Å². The number of hydrogen-bond donors (Lipinski definition) is 0. The number of rotatable bonds is 6. The van der Waals surface area contributed by atoms with E-state index in [0.29, 0.717) is 24.6 Å². The summed E-state index contributed by atoms with van der Waals surface area (Å²) in [7, 11) is -1.15. The van der Waals surface area contributed by atoms with Gasteiger partial charge in [-0.25, -0.2) is 13.2 Å². The third kappa shape index (κ3) is 3.70. The molecule has 8 nitrogen and oxygen atoms in total. The molecule has 2 rings (SSSR count). The Labute approximate surface area is 160 Å². The SMILES string of the molecule is CCN(CC)C(=O)n1ccc(S(=O)(=O)c2cc(OC)cc(OC)c2Br)n1. The number of sulfone groups is 1. The topological polar surface area (TPSA) is 90.7 Å². The molecule has 0 aliphatic rings. The van der Waals surface area contributed by atoms with Crippen LogP contribution in [0.5, 0.6) is 11.5 Å². The fourth-order valence-electron chi connectivity index (χ4n) is 2.32. The highest BCUT2D eigenvalue weighted by Gasteiger charge is 2.27. The van der Waals surface area contributed by atoms with Gasteiger partial charge in [0.15, 0.2) is 5.03 Å². The van der Waals surface area contributed by atoms with Crippen LogP contribution in [-0.2, 0) is 9.84 Å². The zero-order chi connectivity index (χ0) is 19.5. The van der Waals surface area contributed by atoms with Gasteiger partial charge in [-0.15, -0.1) is 0 Å². The van der Waals surface area contributed by atoms with Gasteiger partial charge in [0.25, 0.3) is 0 Å². The molecule has 26 heavy (non-hydrogen) atoms. The second kappa shape index (κ2) is 8.09. The summed E-state index contributed by atoms with van der Waals surface area (Å²) >= 11 is 3.25. The molecule has 0 spiro atoms. The highest BCUT2D eigenvalue weighted by molar-refractivity contribution is 9.10. The number of methoxy groups -OCH3 is 2. The minimum Gasteiger partial charge on any atom is -0.497 e. The average molecular weight is 446 g/mol. The lowest BCUT2D eigenvalue weighted by Crippen LogP contribution is -2.34. The summed E-state index contributed by atoms with van der Waals surface area (Å²) in [6, 6.07) is 3.83. The minimum atomic E-state index is -4.00.